The van der Waals surface area contributed by atoms with Crippen molar-refractivity contribution < 1.29 is 9.59 Å². The summed E-state index contributed by atoms with van der Waals surface area (Å²) in [6, 6.07) is 7.33. The molecule has 1 aromatic carbocycles. The van der Waals surface area contributed by atoms with Crippen molar-refractivity contribution in [3.8, 4) is 5.69 Å². The fourth-order valence-electron chi connectivity index (χ4n) is 2.49. The van der Waals surface area contributed by atoms with E-state index in [4.69, 9.17) is 0 Å². The Hall–Kier alpha value is -2.28. The molecule has 7 heteroatoms. The molecule has 0 saturated carbocycles. The maximum atomic E-state index is 12.4. The molecule has 1 unspecified atom stereocenters. The van der Waals surface area contributed by atoms with Crippen LogP contribution in [0.25, 0.3) is 5.69 Å². The van der Waals surface area contributed by atoms with Gasteiger partial charge in [-0.25, -0.2) is 4.98 Å². The van der Waals surface area contributed by atoms with Gasteiger partial charge in [0.1, 0.15) is 6.04 Å². The molecule has 24 heavy (non-hydrogen) atoms. The summed E-state index contributed by atoms with van der Waals surface area (Å²) < 4.78 is 1.42. The van der Waals surface area contributed by atoms with Gasteiger partial charge in [0.05, 0.1) is 16.8 Å². The van der Waals surface area contributed by atoms with Crippen molar-refractivity contribution in [3.63, 3.8) is 0 Å². The lowest BCUT2D eigenvalue weighted by atomic mass is 10.1. The molecule has 1 aliphatic rings. The summed E-state index contributed by atoms with van der Waals surface area (Å²) in [5.74, 6) is 0.317. The standard InChI is InChI=1S/C17H20N4O2S/c1-17(2)16(23)20-13(10-24-17)15(22)19-9-12-5-3-4-6-14(12)21-8-7-18-11-21/h3-8,11,13H,9-10H2,1-2H3,(H,19,22)(H,20,23). The molecule has 3 rings (SSSR count). The Morgan fingerprint density at radius 3 is 2.96 bits per heavy atom. The summed E-state index contributed by atoms with van der Waals surface area (Å²) >= 11 is 1.50. The van der Waals surface area contributed by atoms with E-state index in [-0.39, 0.29) is 11.8 Å². The summed E-state index contributed by atoms with van der Waals surface area (Å²) in [4.78, 5) is 28.4. The molecule has 0 aliphatic carbocycles. The number of amides is 2. The summed E-state index contributed by atoms with van der Waals surface area (Å²) in [6.45, 7) is 4.12. The Kier molecular flexibility index (Phi) is 4.62. The summed E-state index contributed by atoms with van der Waals surface area (Å²) in [6.07, 6.45) is 5.30. The number of carbonyl (C=O) groups is 2. The first-order valence-corrected chi connectivity index (χ1v) is 8.75. The number of para-hydroxylation sites is 1. The number of nitrogens with one attached hydrogen (secondary N) is 2. The van der Waals surface area contributed by atoms with Gasteiger partial charge < -0.3 is 15.2 Å². The fourth-order valence-corrected chi connectivity index (χ4v) is 3.50. The molecule has 1 fully saturated rings. The Labute approximate surface area is 145 Å². The van der Waals surface area contributed by atoms with E-state index in [1.807, 2.05) is 48.9 Å². The predicted molar refractivity (Wildman–Crippen MR) is 93.9 cm³/mol. The molecule has 2 aromatic rings. The topological polar surface area (TPSA) is 76.0 Å². The minimum absolute atomic E-state index is 0.0993. The number of rotatable bonds is 4. The summed E-state index contributed by atoms with van der Waals surface area (Å²) in [5, 5.41) is 5.72. The van der Waals surface area contributed by atoms with E-state index in [2.05, 4.69) is 15.6 Å². The maximum Gasteiger partial charge on any atom is 0.243 e. The molecule has 2 N–H and O–H groups in total. The number of hydrogen-bond acceptors (Lipinski definition) is 4. The number of thioether (sulfide) groups is 1. The van der Waals surface area contributed by atoms with Gasteiger partial charge >= 0.3 is 0 Å². The molecule has 1 atom stereocenters. The van der Waals surface area contributed by atoms with Crippen molar-refractivity contribution in [1.29, 1.82) is 0 Å². The van der Waals surface area contributed by atoms with Crippen LogP contribution in [0.3, 0.4) is 0 Å². The average Bonchev–Trinajstić information content (AvgIpc) is 3.10. The molecule has 2 amide bonds. The highest BCUT2D eigenvalue weighted by molar-refractivity contribution is 8.01. The Morgan fingerprint density at radius 1 is 1.46 bits per heavy atom. The quantitative estimate of drug-likeness (QED) is 0.881. The monoisotopic (exact) mass is 344 g/mol. The van der Waals surface area contributed by atoms with Crippen molar-refractivity contribution in [2.45, 2.75) is 31.2 Å². The van der Waals surface area contributed by atoms with E-state index >= 15 is 0 Å². The van der Waals surface area contributed by atoms with E-state index in [0.29, 0.717) is 12.3 Å². The van der Waals surface area contributed by atoms with Gasteiger partial charge in [0.2, 0.25) is 11.8 Å². The van der Waals surface area contributed by atoms with Crippen LogP contribution in [0.5, 0.6) is 0 Å². The molecule has 2 heterocycles. The first-order valence-electron chi connectivity index (χ1n) is 7.76. The van der Waals surface area contributed by atoms with Crippen molar-refractivity contribution in [2.24, 2.45) is 0 Å². The van der Waals surface area contributed by atoms with E-state index in [1.165, 1.54) is 11.8 Å². The summed E-state index contributed by atoms with van der Waals surface area (Å²) in [7, 11) is 0. The highest BCUT2D eigenvalue weighted by Crippen LogP contribution is 2.29. The van der Waals surface area contributed by atoms with Crippen molar-refractivity contribution in [2.75, 3.05) is 5.75 Å². The van der Waals surface area contributed by atoms with Gasteiger partial charge in [-0.1, -0.05) is 18.2 Å². The van der Waals surface area contributed by atoms with Crippen LogP contribution in [0.2, 0.25) is 0 Å². The second kappa shape index (κ2) is 6.68. The number of carbonyl (C=O) groups excluding carboxylic acids is 2. The van der Waals surface area contributed by atoms with Crippen LogP contribution in [0.1, 0.15) is 19.4 Å². The number of aromatic nitrogens is 2. The molecule has 0 spiro atoms. The lowest BCUT2D eigenvalue weighted by Gasteiger charge is -2.32. The maximum absolute atomic E-state index is 12.4. The third-order valence-corrected chi connectivity index (χ3v) is 5.41. The lowest BCUT2D eigenvalue weighted by molar-refractivity contribution is -0.129. The predicted octanol–water partition coefficient (Wildman–Crippen LogP) is 1.50. The lowest BCUT2D eigenvalue weighted by Crippen LogP contribution is -2.57. The molecule has 1 aliphatic heterocycles. The SMILES string of the molecule is CC1(C)SCC(C(=O)NCc2ccccc2-n2ccnc2)NC1=O. The van der Waals surface area contributed by atoms with Crippen molar-refractivity contribution in [3.05, 3.63) is 48.5 Å². The van der Waals surface area contributed by atoms with Gasteiger partial charge in [-0.05, 0) is 25.5 Å². The minimum atomic E-state index is -0.490. The zero-order valence-electron chi connectivity index (χ0n) is 13.7. The van der Waals surface area contributed by atoms with Crippen LogP contribution >= 0.6 is 11.8 Å². The summed E-state index contributed by atoms with van der Waals surface area (Å²) in [5.41, 5.74) is 1.96. The Morgan fingerprint density at radius 2 is 2.25 bits per heavy atom. The van der Waals surface area contributed by atoms with E-state index in [9.17, 15) is 9.59 Å². The zero-order valence-corrected chi connectivity index (χ0v) is 14.5. The molecule has 0 bridgehead atoms. The molecular formula is C17H20N4O2S. The van der Waals surface area contributed by atoms with E-state index in [1.54, 1.807) is 12.5 Å². The van der Waals surface area contributed by atoms with Crippen molar-refractivity contribution in [1.82, 2.24) is 20.2 Å². The normalized spacial score (nSPS) is 19.6. The number of imidazole rings is 1. The zero-order chi connectivity index (χ0) is 17.2. The first-order chi connectivity index (χ1) is 11.5. The van der Waals surface area contributed by atoms with Gasteiger partial charge in [-0.3, -0.25) is 9.59 Å². The van der Waals surface area contributed by atoms with Crippen LogP contribution < -0.4 is 10.6 Å². The van der Waals surface area contributed by atoms with E-state index < -0.39 is 10.8 Å². The van der Waals surface area contributed by atoms with Gasteiger partial charge in [-0.2, -0.15) is 0 Å². The van der Waals surface area contributed by atoms with Crippen LogP contribution in [0, 0.1) is 0 Å². The highest BCUT2D eigenvalue weighted by Gasteiger charge is 2.37. The van der Waals surface area contributed by atoms with Crippen LogP contribution in [0.15, 0.2) is 43.0 Å². The Bertz CT molecular complexity index is 743. The highest BCUT2D eigenvalue weighted by atomic mass is 32.2. The average molecular weight is 344 g/mol. The largest absolute Gasteiger partial charge is 0.350 e. The molecular weight excluding hydrogens is 324 g/mol. The third-order valence-electron chi connectivity index (χ3n) is 4.01. The number of nitrogens with zero attached hydrogens (tertiary/aromatic N) is 2. The molecule has 6 nitrogen and oxygen atoms in total. The second-order valence-electron chi connectivity index (χ2n) is 6.16. The molecule has 1 saturated heterocycles. The fraction of sp³-hybridized carbons (Fsp3) is 0.353. The minimum Gasteiger partial charge on any atom is -0.350 e. The smallest absolute Gasteiger partial charge is 0.243 e. The van der Waals surface area contributed by atoms with Crippen molar-refractivity contribution >= 4 is 23.6 Å². The number of benzene rings is 1. The second-order valence-corrected chi connectivity index (χ2v) is 7.81. The van der Waals surface area contributed by atoms with Crippen LogP contribution in [-0.2, 0) is 16.1 Å². The van der Waals surface area contributed by atoms with Gasteiger partial charge in [0, 0.05) is 24.7 Å². The molecule has 1 aromatic heterocycles. The first kappa shape index (κ1) is 16.6. The molecule has 0 radical (unpaired) electrons. The third kappa shape index (κ3) is 3.46. The van der Waals surface area contributed by atoms with Crippen LogP contribution in [-0.4, -0.2) is 37.9 Å². The molecule has 126 valence electrons. The Balaban J connectivity index is 1.65. The van der Waals surface area contributed by atoms with Gasteiger partial charge in [0.15, 0.2) is 0 Å². The van der Waals surface area contributed by atoms with Crippen LogP contribution in [0.4, 0.5) is 0 Å². The number of hydrogen-bond donors (Lipinski definition) is 2. The van der Waals surface area contributed by atoms with Gasteiger partial charge in [0.25, 0.3) is 0 Å². The van der Waals surface area contributed by atoms with E-state index in [0.717, 1.165) is 11.3 Å². The van der Waals surface area contributed by atoms with Gasteiger partial charge in [-0.15, -0.1) is 11.8 Å².